The molecular weight excluding hydrogens is 1250 g/mol. The summed E-state index contributed by atoms with van der Waals surface area (Å²) in [5.41, 5.74) is 38.9. The minimum absolute atomic E-state index is 0.543. The average molecular weight is 1320 g/mol. The zero-order valence-corrected chi connectivity index (χ0v) is 56.8. The van der Waals surface area contributed by atoms with E-state index in [4.69, 9.17) is 0 Å². The molecule has 0 aliphatic heterocycles. The number of hydrogen-bond donors (Lipinski definition) is 0. The van der Waals surface area contributed by atoms with Crippen molar-refractivity contribution in [3.8, 4) is 89.3 Å². The molecule has 18 aromatic rings. The molecule has 2 nitrogen and oxygen atoms in total. The highest BCUT2D eigenvalue weighted by Crippen LogP contribution is 2.66. The third-order valence-corrected chi connectivity index (χ3v) is 23.4. The van der Waals surface area contributed by atoms with Gasteiger partial charge in [0.15, 0.2) is 0 Å². The highest BCUT2D eigenvalue weighted by Gasteiger charge is 2.54. The molecule has 482 valence electrons. The SMILES string of the molecule is C(=C\c1ccc2c(c1)C1(c3ccccc3-c3ccccc31)c1cc(-c3ccc4c(c3)C3(c5ccccc5-c5ccccc53)c3cc(/C=C/c5ccc(-c6ccc7c(c6)c6ccccc6n7-c6ccccc6)cc5)ccc3-4)ccc1-2)/c1ccc(-c2ccc3c(c2)c2ccccc2n3-c2ccccc2)cc1. The van der Waals surface area contributed by atoms with E-state index in [9.17, 15) is 0 Å². The molecule has 0 saturated heterocycles. The maximum Gasteiger partial charge on any atom is 0.0725 e. The predicted octanol–water partition coefficient (Wildman–Crippen LogP) is 25.9. The van der Waals surface area contributed by atoms with E-state index in [1.54, 1.807) is 0 Å². The van der Waals surface area contributed by atoms with Crippen LogP contribution >= 0.6 is 0 Å². The number of aromatic nitrogens is 2. The Labute approximate surface area is 604 Å². The van der Waals surface area contributed by atoms with E-state index in [2.05, 4.69) is 397 Å². The summed E-state index contributed by atoms with van der Waals surface area (Å²) in [5.74, 6) is 0. The molecule has 4 aliphatic rings. The molecule has 4 aliphatic carbocycles. The van der Waals surface area contributed by atoms with Gasteiger partial charge in [-0.1, -0.05) is 303 Å². The molecule has 0 saturated carbocycles. The Balaban J connectivity index is 0.610. The van der Waals surface area contributed by atoms with Gasteiger partial charge >= 0.3 is 0 Å². The second-order valence-corrected chi connectivity index (χ2v) is 28.6. The van der Waals surface area contributed by atoms with Gasteiger partial charge < -0.3 is 9.13 Å². The molecule has 2 heterocycles. The second-order valence-electron chi connectivity index (χ2n) is 28.6. The van der Waals surface area contributed by atoms with Gasteiger partial charge in [0.25, 0.3) is 0 Å². The number of nitrogens with zero attached hydrogens (tertiary/aromatic N) is 2. The van der Waals surface area contributed by atoms with Gasteiger partial charge in [-0.15, -0.1) is 0 Å². The van der Waals surface area contributed by atoms with Gasteiger partial charge in [0.1, 0.15) is 0 Å². The van der Waals surface area contributed by atoms with Crippen molar-refractivity contribution in [1.82, 2.24) is 9.13 Å². The fraction of sp³-hybridized carbons (Fsp3) is 0.0196. The summed E-state index contributed by atoms with van der Waals surface area (Å²) < 4.78 is 4.76. The highest BCUT2D eigenvalue weighted by atomic mass is 15.0. The Bertz CT molecular complexity index is 6190. The monoisotopic (exact) mass is 1320 g/mol. The standard InChI is InChI=1S/C102H64N2/c1-3-19-75(20-4-1)103-97-33-17-11-27-85(97)87-61-71(51-57-99(87)103)69-45-39-65(40-46-69)35-37-67-43-53-81-83-55-49-73(63-95(83)101(93(81)59-67)89-29-13-7-23-77(89)78-24-8-14-30-90(78)101)74-50-56-84-82-54-44-68(60-94(82)102(96(84)64-74)91-31-15-9-25-79(91)80-26-10-16-32-92(80)102)38-36-66-41-47-70(48-42-66)72-52-58-100-88(62-72)86-28-12-18-34-98(86)104(100)76-21-5-2-6-22-76/h1-64H/b37-35+,38-36+. The lowest BCUT2D eigenvalue weighted by Gasteiger charge is -2.31. The first kappa shape index (κ1) is 58.4. The van der Waals surface area contributed by atoms with E-state index in [0.29, 0.717) is 0 Å². The van der Waals surface area contributed by atoms with Crippen molar-refractivity contribution >= 4 is 67.9 Å². The largest absolute Gasteiger partial charge is 0.309 e. The predicted molar refractivity (Wildman–Crippen MR) is 435 cm³/mol. The smallest absolute Gasteiger partial charge is 0.0725 e. The number of hydrogen-bond acceptors (Lipinski definition) is 0. The highest BCUT2D eigenvalue weighted by molar-refractivity contribution is 6.12. The summed E-state index contributed by atoms with van der Waals surface area (Å²) in [6, 6.07) is 137. The molecule has 0 radical (unpaired) electrons. The maximum atomic E-state index is 2.55. The normalized spacial score (nSPS) is 13.7. The average Bonchev–Trinajstić information content (AvgIpc) is 1.51. The van der Waals surface area contributed by atoms with E-state index >= 15 is 0 Å². The molecule has 2 spiro atoms. The van der Waals surface area contributed by atoms with E-state index in [-0.39, 0.29) is 0 Å². The lowest BCUT2D eigenvalue weighted by Crippen LogP contribution is -2.26. The summed E-state index contributed by atoms with van der Waals surface area (Å²) in [7, 11) is 0. The van der Waals surface area contributed by atoms with Crippen LogP contribution in [0.1, 0.15) is 66.8 Å². The molecule has 0 fully saturated rings. The molecule has 0 amide bonds. The molecular formula is C102H64N2. The summed E-state index contributed by atoms with van der Waals surface area (Å²) in [4.78, 5) is 0. The van der Waals surface area contributed by atoms with E-state index in [1.165, 1.54) is 189 Å². The molecule has 0 bridgehead atoms. The molecule has 2 aromatic heterocycles. The van der Waals surface area contributed by atoms with E-state index in [0.717, 1.165) is 11.1 Å². The third-order valence-electron chi connectivity index (χ3n) is 23.4. The van der Waals surface area contributed by atoms with Crippen LogP contribution in [-0.4, -0.2) is 9.13 Å². The van der Waals surface area contributed by atoms with E-state index < -0.39 is 10.8 Å². The van der Waals surface area contributed by atoms with E-state index in [1.807, 2.05) is 0 Å². The number of fused-ring (bicyclic) bond motifs is 26. The Hall–Kier alpha value is -13.4. The molecule has 0 unspecified atom stereocenters. The van der Waals surface area contributed by atoms with Crippen LogP contribution in [-0.2, 0) is 10.8 Å². The zero-order chi connectivity index (χ0) is 68.2. The van der Waals surface area contributed by atoms with Crippen molar-refractivity contribution in [1.29, 1.82) is 0 Å². The Morgan fingerprint density at radius 1 is 0.173 bits per heavy atom. The van der Waals surface area contributed by atoms with Crippen molar-refractivity contribution in [2.45, 2.75) is 10.8 Å². The number of benzene rings is 16. The summed E-state index contributed by atoms with van der Waals surface area (Å²) >= 11 is 0. The van der Waals surface area contributed by atoms with Gasteiger partial charge in [0.05, 0.1) is 32.9 Å². The van der Waals surface area contributed by atoms with Gasteiger partial charge in [0, 0.05) is 32.9 Å². The first-order valence-corrected chi connectivity index (χ1v) is 36.3. The fourth-order valence-corrected chi connectivity index (χ4v) is 18.9. The minimum atomic E-state index is -0.543. The van der Waals surface area contributed by atoms with Crippen LogP contribution in [0.25, 0.3) is 157 Å². The summed E-state index contributed by atoms with van der Waals surface area (Å²) in [5, 5.41) is 5.02. The summed E-state index contributed by atoms with van der Waals surface area (Å²) in [6.45, 7) is 0. The lowest BCUT2D eigenvalue weighted by molar-refractivity contribution is 0.792. The van der Waals surface area contributed by atoms with Gasteiger partial charge in [-0.3, -0.25) is 0 Å². The topological polar surface area (TPSA) is 9.86 Å². The first-order valence-electron chi connectivity index (χ1n) is 36.3. The fourth-order valence-electron chi connectivity index (χ4n) is 18.9. The molecule has 16 aromatic carbocycles. The van der Waals surface area contributed by atoms with Crippen LogP contribution in [0.3, 0.4) is 0 Å². The van der Waals surface area contributed by atoms with Gasteiger partial charge in [-0.25, -0.2) is 0 Å². The van der Waals surface area contributed by atoms with Crippen LogP contribution in [0.4, 0.5) is 0 Å². The van der Waals surface area contributed by atoms with Crippen LogP contribution < -0.4 is 0 Å². The van der Waals surface area contributed by atoms with Crippen LogP contribution in [0.15, 0.2) is 364 Å². The lowest BCUT2D eigenvalue weighted by atomic mass is 9.69. The minimum Gasteiger partial charge on any atom is -0.309 e. The van der Waals surface area contributed by atoms with Crippen molar-refractivity contribution in [2.75, 3.05) is 0 Å². The van der Waals surface area contributed by atoms with Gasteiger partial charge in [-0.05, 0) is 230 Å². The molecule has 2 heteroatoms. The first-order chi connectivity index (χ1) is 51.5. The van der Waals surface area contributed by atoms with Crippen LogP contribution in [0.5, 0.6) is 0 Å². The van der Waals surface area contributed by atoms with Crippen LogP contribution in [0, 0.1) is 0 Å². The Morgan fingerprint density at radius 3 is 0.837 bits per heavy atom. The number of rotatable bonds is 9. The van der Waals surface area contributed by atoms with Gasteiger partial charge in [0.2, 0.25) is 0 Å². The van der Waals surface area contributed by atoms with Gasteiger partial charge in [-0.2, -0.15) is 0 Å². The Morgan fingerprint density at radius 2 is 0.442 bits per heavy atom. The second kappa shape index (κ2) is 22.6. The van der Waals surface area contributed by atoms with Crippen molar-refractivity contribution < 1.29 is 0 Å². The number of para-hydroxylation sites is 4. The quantitative estimate of drug-likeness (QED) is 0.128. The molecule has 0 atom stereocenters. The Kier molecular flexibility index (Phi) is 12.7. The molecule has 104 heavy (non-hydrogen) atoms. The summed E-state index contributed by atoms with van der Waals surface area (Å²) in [6.07, 6.45) is 9.16. The molecule has 0 N–H and O–H groups in total. The van der Waals surface area contributed by atoms with Crippen molar-refractivity contribution in [3.05, 3.63) is 431 Å². The van der Waals surface area contributed by atoms with Crippen molar-refractivity contribution in [2.24, 2.45) is 0 Å². The third kappa shape index (κ3) is 8.39. The zero-order valence-electron chi connectivity index (χ0n) is 56.8. The molecule has 22 rings (SSSR count). The van der Waals surface area contributed by atoms with Crippen molar-refractivity contribution in [3.63, 3.8) is 0 Å². The maximum absolute atomic E-state index is 2.55. The van der Waals surface area contributed by atoms with Crippen LogP contribution in [0.2, 0.25) is 0 Å².